The van der Waals surface area contributed by atoms with Gasteiger partial charge in [0.1, 0.15) is 0 Å². The lowest BCUT2D eigenvalue weighted by Gasteiger charge is -1.86. The van der Waals surface area contributed by atoms with Crippen LogP contribution in [0, 0.1) is 0 Å². The molecule has 0 aliphatic carbocycles. The quantitative estimate of drug-likeness (QED) is 0.702. The van der Waals surface area contributed by atoms with Crippen LogP contribution in [0.4, 0.5) is 0 Å². The van der Waals surface area contributed by atoms with E-state index in [-0.39, 0.29) is 5.35 Å². The van der Waals surface area contributed by atoms with Crippen molar-refractivity contribution >= 4 is 38.8 Å². The molecule has 3 nitrogen and oxygen atoms in total. The van der Waals surface area contributed by atoms with Crippen molar-refractivity contribution in [3.63, 3.8) is 0 Å². The van der Waals surface area contributed by atoms with Gasteiger partial charge in [-0.3, -0.25) is 0 Å². The van der Waals surface area contributed by atoms with Gasteiger partial charge in [-0.25, -0.2) is 4.98 Å². The van der Waals surface area contributed by atoms with Gasteiger partial charge in [-0.15, -0.1) is 0 Å². The molecule has 0 aromatic carbocycles. The van der Waals surface area contributed by atoms with Gasteiger partial charge < -0.3 is 4.42 Å². The monoisotopic (exact) mass is 232 g/mol. The summed E-state index contributed by atoms with van der Waals surface area (Å²) >= 11 is 8.79. The minimum Gasteiger partial charge on any atom is -0.425 e. The van der Waals surface area contributed by atoms with E-state index in [1.807, 2.05) is 0 Å². The zero-order valence-electron chi connectivity index (χ0n) is 5.21. The van der Waals surface area contributed by atoms with E-state index in [1.165, 1.54) is 0 Å². The molecule has 5 heteroatoms. The average Bonchev–Trinajstić information content (AvgIpc) is 2.31. The average molecular weight is 233 g/mol. The summed E-state index contributed by atoms with van der Waals surface area (Å²) in [5, 5.41) is 0.111. The molecule has 0 amide bonds. The lowest BCUT2D eigenvalue weighted by Crippen LogP contribution is -1.74. The van der Waals surface area contributed by atoms with Crippen LogP contribution in [-0.2, 0) is 0 Å². The van der Waals surface area contributed by atoms with E-state index in [0.29, 0.717) is 11.2 Å². The van der Waals surface area contributed by atoms with Crippen molar-refractivity contribution in [1.29, 1.82) is 0 Å². The Morgan fingerprint density at radius 1 is 1.55 bits per heavy atom. The fourth-order valence-corrected chi connectivity index (χ4v) is 1.31. The van der Waals surface area contributed by atoms with Gasteiger partial charge in [0.25, 0.3) is 5.35 Å². The van der Waals surface area contributed by atoms with Crippen molar-refractivity contribution < 1.29 is 4.42 Å². The highest BCUT2D eigenvalue weighted by Crippen LogP contribution is 2.24. The van der Waals surface area contributed by atoms with Gasteiger partial charge in [-0.2, -0.15) is 4.98 Å². The fourth-order valence-electron chi connectivity index (χ4n) is 0.779. The van der Waals surface area contributed by atoms with Crippen molar-refractivity contribution in [2.45, 2.75) is 0 Å². The van der Waals surface area contributed by atoms with Crippen molar-refractivity contribution in [2.24, 2.45) is 0 Å². The highest BCUT2D eigenvalue weighted by molar-refractivity contribution is 9.10. The Hall–Kier alpha value is -0.610. The smallest absolute Gasteiger partial charge is 0.294 e. The Morgan fingerprint density at radius 3 is 3.09 bits per heavy atom. The largest absolute Gasteiger partial charge is 0.425 e. The third kappa shape index (κ3) is 1.12. The number of hydrogen-bond acceptors (Lipinski definition) is 3. The van der Waals surface area contributed by atoms with Gasteiger partial charge in [-0.05, 0) is 33.6 Å². The molecule has 0 fully saturated rings. The maximum atomic E-state index is 5.52. The first-order chi connectivity index (χ1) is 5.27. The molecule has 56 valence electrons. The van der Waals surface area contributed by atoms with Crippen LogP contribution in [0.1, 0.15) is 0 Å². The third-order valence-electron chi connectivity index (χ3n) is 1.22. The number of oxazole rings is 1. The molecule has 0 bridgehead atoms. The predicted octanol–water partition coefficient (Wildman–Crippen LogP) is 2.64. The molecule has 0 aliphatic rings. The Morgan fingerprint density at radius 2 is 2.36 bits per heavy atom. The number of pyridine rings is 1. The van der Waals surface area contributed by atoms with Crippen LogP contribution < -0.4 is 0 Å². The zero-order chi connectivity index (χ0) is 7.84. The molecule has 2 heterocycles. The predicted molar refractivity (Wildman–Crippen MR) is 44.5 cm³/mol. The van der Waals surface area contributed by atoms with E-state index in [2.05, 4.69) is 25.9 Å². The summed E-state index contributed by atoms with van der Waals surface area (Å²) in [5.41, 5.74) is 1.10. The van der Waals surface area contributed by atoms with Gasteiger partial charge in [0.05, 0.1) is 4.47 Å². The van der Waals surface area contributed by atoms with Crippen LogP contribution in [0.15, 0.2) is 21.2 Å². The van der Waals surface area contributed by atoms with E-state index in [1.54, 1.807) is 12.3 Å². The van der Waals surface area contributed by atoms with Crippen molar-refractivity contribution in [2.75, 3.05) is 0 Å². The first-order valence-electron chi connectivity index (χ1n) is 2.84. The molecule has 0 saturated carbocycles. The van der Waals surface area contributed by atoms with E-state index in [4.69, 9.17) is 16.0 Å². The van der Waals surface area contributed by atoms with Crippen LogP contribution in [0.5, 0.6) is 0 Å². The van der Waals surface area contributed by atoms with E-state index in [9.17, 15) is 0 Å². The summed E-state index contributed by atoms with van der Waals surface area (Å²) in [7, 11) is 0. The van der Waals surface area contributed by atoms with E-state index in [0.717, 1.165) is 4.47 Å². The number of hydrogen-bond donors (Lipinski definition) is 0. The lowest BCUT2D eigenvalue weighted by atomic mass is 10.5. The summed E-state index contributed by atoms with van der Waals surface area (Å²) in [5.74, 6) is 0. The molecule has 11 heavy (non-hydrogen) atoms. The molecule has 2 aromatic rings. The Labute approximate surface area is 75.5 Å². The van der Waals surface area contributed by atoms with Gasteiger partial charge in [0, 0.05) is 6.20 Å². The number of fused-ring (bicyclic) bond motifs is 1. The number of halogens is 2. The molecule has 0 unspecified atom stereocenters. The van der Waals surface area contributed by atoms with Crippen LogP contribution >= 0.6 is 27.5 Å². The van der Waals surface area contributed by atoms with Gasteiger partial charge in [0.15, 0.2) is 5.58 Å². The Balaban J connectivity index is 2.90. The summed E-state index contributed by atoms with van der Waals surface area (Å²) < 4.78 is 5.85. The van der Waals surface area contributed by atoms with Crippen LogP contribution in [0.25, 0.3) is 11.2 Å². The number of rotatable bonds is 0. The normalized spacial score (nSPS) is 10.7. The number of aromatic nitrogens is 2. The molecule has 0 spiro atoms. The van der Waals surface area contributed by atoms with Crippen LogP contribution in [0.3, 0.4) is 0 Å². The van der Waals surface area contributed by atoms with E-state index >= 15 is 0 Å². The highest BCUT2D eigenvalue weighted by atomic mass is 79.9. The van der Waals surface area contributed by atoms with Gasteiger partial charge >= 0.3 is 0 Å². The first-order valence-corrected chi connectivity index (χ1v) is 4.01. The Bertz CT molecular complexity index is 400. The summed E-state index contributed by atoms with van der Waals surface area (Å²) in [6.07, 6.45) is 1.63. The molecule has 0 N–H and O–H groups in total. The molecule has 2 rings (SSSR count). The first kappa shape index (κ1) is 7.06. The highest BCUT2D eigenvalue weighted by Gasteiger charge is 2.06. The van der Waals surface area contributed by atoms with Crippen molar-refractivity contribution in [3.05, 3.63) is 22.1 Å². The second-order valence-electron chi connectivity index (χ2n) is 1.91. The SMILES string of the molecule is Clc1nc2nccc(Br)c2o1. The number of nitrogens with zero attached hydrogens (tertiary/aromatic N) is 2. The van der Waals surface area contributed by atoms with Crippen molar-refractivity contribution in [3.8, 4) is 0 Å². The zero-order valence-corrected chi connectivity index (χ0v) is 7.56. The molecule has 2 aromatic heterocycles. The van der Waals surface area contributed by atoms with Crippen LogP contribution in [0.2, 0.25) is 5.35 Å². The Kier molecular flexibility index (Phi) is 1.58. The van der Waals surface area contributed by atoms with E-state index < -0.39 is 0 Å². The summed E-state index contributed by atoms with van der Waals surface area (Å²) in [6, 6.07) is 1.77. The molecule has 0 saturated heterocycles. The molecule has 0 atom stereocenters. The standard InChI is InChI=1S/C6H2BrClN2O/c7-3-1-2-9-5-4(3)11-6(8)10-5/h1-2H. The maximum Gasteiger partial charge on any atom is 0.294 e. The molecular weight excluding hydrogens is 231 g/mol. The minimum atomic E-state index is 0.111. The second kappa shape index (κ2) is 2.46. The summed E-state index contributed by atoms with van der Waals surface area (Å²) in [6.45, 7) is 0. The topological polar surface area (TPSA) is 38.9 Å². The van der Waals surface area contributed by atoms with Crippen LogP contribution in [-0.4, -0.2) is 9.97 Å². The molecular formula is C6H2BrClN2O. The third-order valence-corrected chi connectivity index (χ3v) is 2.00. The fraction of sp³-hybridized carbons (Fsp3) is 0. The summed E-state index contributed by atoms with van der Waals surface area (Å²) in [4.78, 5) is 7.78. The van der Waals surface area contributed by atoms with Crippen molar-refractivity contribution in [1.82, 2.24) is 9.97 Å². The lowest BCUT2D eigenvalue weighted by molar-refractivity contribution is 0.602. The molecule has 0 aliphatic heterocycles. The minimum absolute atomic E-state index is 0.111. The van der Waals surface area contributed by atoms with Gasteiger partial charge in [-0.1, -0.05) is 0 Å². The molecule has 0 radical (unpaired) electrons. The maximum absolute atomic E-state index is 5.52. The second-order valence-corrected chi connectivity index (χ2v) is 3.09. The van der Waals surface area contributed by atoms with Gasteiger partial charge in [0.2, 0.25) is 5.65 Å².